The van der Waals surface area contributed by atoms with Crippen LogP contribution in [0.3, 0.4) is 0 Å². The van der Waals surface area contributed by atoms with E-state index in [-0.39, 0.29) is 23.8 Å². The molecule has 0 saturated carbocycles. The van der Waals surface area contributed by atoms with Gasteiger partial charge in [-0.05, 0) is 51.3 Å². The maximum absolute atomic E-state index is 12.6. The summed E-state index contributed by atoms with van der Waals surface area (Å²) in [7, 11) is 0. The number of carbonyl (C=O) groups is 2. The number of amides is 1. The highest BCUT2D eigenvalue weighted by molar-refractivity contribution is 5.83. The molecule has 1 aliphatic rings. The first-order valence-corrected chi connectivity index (χ1v) is 9.83. The predicted octanol–water partition coefficient (Wildman–Crippen LogP) is 2.49. The Morgan fingerprint density at radius 1 is 1.37 bits per heavy atom. The third kappa shape index (κ3) is 4.69. The van der Waals surface area contributed by atoms with E-state index in [1.54, 1.807) is 0 Å². The molecule has 2 N–H and O–H groups in total. The van der Waals surface area contributed by atoms with Crippen LogP contribution in [-0.4, -0.2) is 54.0 Å². The van der Waals surface area contributed by atoms with Crippen LogP contribution in [0.1, 0.15) is 32.3 Å². The van der Waals surface area contributed by atoms with Crippen molar-refractivity contribution in [3.63, 3.8) is 0 Å². The lowest BCUT2D eigenvalue weighted by molar-refractivity contribution is -0.151. The Kier molecular flexibility index (Phi) is 6.50. The summed E-state index contributed by atoms with van der Waals surface area (Å²) in [6.07, 6.45) is 4.55. The van der Waals surface area contributed by atoms with Crippen LogP contribution in [0.15, 0.2) is 30.5 Å². The van der Waals surface area contributed by atoms with Gasteiger partial charge in [-0.15, -0.1) is 0 Å². The lowest BCUT2D eigenvalue weighted by Gasteiger charge is -2.35. The van der Waals surface area contributed by atoms with Crippen LogP contribution in [0, 0.1) is 5.92 Å². The number of aromatic nitrogens is 1. The van der Waals surface area contributed by atoms with E-state index in [9.17, 15) is 9.59 Å². The SMILES string of the molecule is CCOC(=O)C1CCCN(C(C)C(=O)NCCc2c[nH]c3ccccc23)C1. The van der Waals surface area contributed by atoms with Crippen LogP contribution in [0.2, 0.25) is 0 Å². The molecule has 146 valence electrons. The summed E-state index contributed by atoms with van der Waals surface area (Å²) < 4.78 is 5.14. The van der Waals surface area contributed by atoms with E-state index in [1.165, 1.54) is 10.9 Å². The van der Waals surface area contributed by atoms with Gasteiger partial charge in [-0.2, -0.15) is 0 Å². The molecule has 27 heavy (non-hydrogen) atoms. The fourth-order valence-electron chi connectivity index (χ4n) is 3.78. The van der Waals surface area contributed by atoms with E-state index in [0.717, 1.165) is 31.3 Å². The van der Waals surface area contributed by atoms with Gasteiger partial charge in [-0.25, -0.2) is 0 Å². The van der Waals surface area contributed by atoms with Crippen LogP contribution in [0.5, 0.6) is 0 Å². The molecule has 2 heterocycles. The van der Waals surface area contributed by atoms with Gasteiger partial charge < -0.3 is 15.0 Å². The molecule has 2 atom stereocenters. The summed E-state index contributed by atoms with van der Waals surface area (Å²) >= 11 is 0. The predicted molar refractivity (Wildman–Crippen MR) is 105 cm³/mol. The van der Waals surface area contributed by atoms with E-state index in [1.807, 2.05) is 32.2 Å². The second-order valence-electron chi connectivity index (χ2n) is 7.16. The Bertz CT molecular complexity index is 786. The van der Waals surface area contributed by atoms with Gasteiger partial charge in [0.05, 0.1) is 18.6 Å². The molecule has 0 bridgehead atoms. The number of hydrogen-bond donors (Lipinski definition) is 2. The van der Waals surface area contributed by atoms with Gasteiger partial charge in [0, 0.05) is 30.2 Å². The summed E-state index contributed by atoms with van der Waals surface area (Å²) in [5, 5.41) is 4.24. The van der Waals surface area contributed by atoms with E-state index in [0.29, 0.717) is 19.7 Å². The third-order valence-electron chi connectivity index (χ3n) is 5.37. The van der Waals surface area contributed by atoms with Gasteiger partial charge in [0.15, 0.2) is 0 Å². The molecule has 1 fully saturated rings. The maximum Gasteiger partial charge on any atom is 0.310 e. The lowest BCUT2D eigenvalue weighted by Crippen LogP contribution is -2.50. The zero-order valence-electron chi connectivity index (χ0n) is 16.2. The molecule has 1 aromatic heterocycles. The molecule has 1 aromatic carbocycles. The number of fused-ring (bicyclic) bond motifs is 1. The van der Waals surface area contributed by atoms with Gasteiger partial charge in [0.25, 0.3) is 0 Å². The van der Waals surface area contributed by atoms with Crippen LogP contribution in [0.25, 0.3) is 10.9 Å². The average Bonchev–Trinajstić information content (AvgIpc) is 3.11. The zero-order valence-corrected chi connectivity index (χ0v) is 16.2. The van der Waals surface area contributed by atoms with Gasteiger partial charge >= 0.3 is 5.97 Å². The van der Waals surface area contributed by atoms with Crippen LogP contribution >= 0.6 is 0 Å². The van der Waals surface area contributed by atoms with Crippen molar-refractivity contribution in [3.8, 4) is 0 Å². The molecule has 1 saturated heterocycles. The van der Waals surface area contributed by atoms with Crippen molar-refractivity contribution >= 4 is 22.8 Å². The number of rotatable bonds is 7. The molecule has 6 heteroatoms. The number of hydrogen-bond acceptors (Lipinski definition) is 4. The number of nitrogens with one attached hydrogen (secondary N) is 2. The fraction of sp³-hybridized carbons (Fsp3) is 0.524. The van der Waals surface area contributed by atoms with Crippen molar-refractivity contribution in [2.24, 2.45) is 5.92 Å². The first-order valence-electron chi connectivity index (χ1n) is 9.83. The summed E-state index contributed by atoms with van der Waals surface area (Å²) in [4.78, 5) is 29.9. The number of aromatic amines is 1. The Morgan fingerprint density at radius 3 is 3.00 bits per heavy atom. The number of ether oxygens (including phenoxy) is 1. The Labute approximate surface area is 160 Å². The first-order chi connectivity index (χ1) is 13.1. The topological polar surface area (TPSA) is 74.4 Å². The number of esters is 1. The minimum absolute atomic E-state index is 0.0133. The second kappa shape index (κ2) is 9.04. The molecular weight excluding hydrogens is 342 g/mol. The number of para-hydroxylation sites is 1. The van der Waals surface area contributed by atoms with Crippen molar-refractivity contribution in [2.75, 3.05) is 26.2 Å². The lowest BCUT2D eigenvalue weighted by atomic mass is 9.97. The van der Waals surface area contributed by atoms with Gasteiger partial charge in [0.1, 0.15) is 0 Å². The normalized spacial score (nSPS) is 19.0. The zero-order chi connectivity index (χ0) is 19.2. The summed E-state index contributed by atoms with van der Waals surface area (Å²) in [6.45, 7) is 6.17. The molecule has 0 spiro atoms. The Morgan fingerprint density at radius 2 is 2.19 bits per heavy atom. The molecular formula is C21H29N3O3. The molecule has 2 aromatic rings. The minimum Gasteiger partial charge on any atom is -0.466 e. The molecule has 2 unspecified atom stereocenters. The molecule has 1 aliphatic heterocycles. The molecule has 3 rings (SSSR count). The highest BCUT2D eigenvalue weighted by atomic mass is 16.5. The maximum atomic E-state index is 12.6. The van der Waals surface area contributed by atoms with Gasteiger partial charge in [-0.1, -0.05) is 18.2 Å². The number of likely N-dealkylation sites (tertiary alicyclic amines) is 1. The van der Waals surface area contributed by atoms with Crippen LogP contribution in [0.4, 0.5) is 0 Å². The van der Waals surface area contributed by atoms with Gasteiger partial charge in [0.2, 0.25) is 5.91 Å². The number of piperidine rings is 1. The average molecular weight is 371 g/mol. The molecule has 1 amide bonds. The van der Waals surface area contributed by atoms with E-state index < -0.39 is 0 Å². The summed E-state index contributed by atoms with van der Waals surface area (Å²) in [6, 6.07) is 7.93. The second-order valence-corrected chi connectivity index (χ2v) is 7.16. The third-order valence-corrected chi connectivity index (χ3v) is 5.37. The van der Waals surface area contributed by atoms with E-state index in [4.69, 9.17) is 4.74 Å². The number of nitrogens with zero attached hydrogens (tertiary/aromatic N) is 1. The number of benzene rings is 1. The quantitative estimate of drug-likeness (QED) is 0.734. The molecule has 6 nitrogen and oxygen atoms in total. The Balaban J connectivity index is 1.49. The minimum atomic E-state index is -0.245. The summed E-state index contributed by atoms with van der Waals surface area (Å²) in [5.41, 5.74) is 2.32. The van der Waals surface area contributed by atoms with E-state index >= 15 is 0 Å². The fourth-order valence-corrected chi connectivity index (χ4v) is 3.78. The monoisotopic (exact) mass is 371 g/mol. The van der Waals surface area contributed by atoms with Crippen molar-refractivity contribution in [3.05, 3.63) is 36.0 Å². The van der Waals surface area contributed by atoms with Crippen molar-refractivity contribution in [1.82, 2.24) is 15.2 Å². The highest BCUT2D eigenvalue weighted by Crippen LogP contribution is 2.20. The summed E-state index contributed by atoms with van der Waals surface area (Å²) in [5.74, 6) is -0.256. The Hall–Kier alpha value is -2.34. The largest absolute Gasteiger partial charge is 0.466 e. The molecule has 0 aliphatic carbocycles. The molecule has 0 radical (unpaired) electrons. The van der Waals surface area contributed by atoms with Gasteiger partial charge in [-0.3, -0.25) is 14.5 Å². The van der Waals surface area contributed by atoms with Crippen molar-refractivity contribution in [1.29, 1.82) is 0 Å². The number of H-pyrrole nitrogens is 1. The number of carbonyl (C=O) groups excluding carboxylic acids is 2. The van der Waals surface area contributed by atoms with Crippen LogP contribution < -0.4 is 5.32 Å². The van der Waals surface area contributed by atoms with Crippen molar-refractivity contribution in [2.45, 2.75) is 39.2 Å². The van der Waals surface area contributed by atoms with E-state index in [2.05, 4.69) is 27.3 Å². The van der Waals surface area contributed by atoms with Crippen molar-refractivity contribution < 1.29 is 14.3 Å². The standard InChI is InChI=1S/C21H29N3O3/c1-3-27-21(26)17-7-6-12-24(14-17)15(2)20(25)22-11-10-16-13-23-19-9-5-4-8-18(16)19/h4-5,8-9,13,15,17,23H,3,6-7,10-12,14H2,1-2H3,(H,22,25). The smallest absolute Gasteiger partial charge is 0.310 e. The highest BCUT2D eigenvalue weighted by Gasteiger charge is 2.31. The van der Waals surface area contributed by atoms with Crippen LogP contribution in [-0.2, 0) is 20.7 Å². The first kappa shape index (κ1) is 19.4.